The fraction of sp³-hybridized carbons (Fsp3) is 0.875. The molecule has 0 aromatic heterocycles. The van der Waals surface area contributed by atoms with Gasteiger partial charge in [0.15, 0.2) is 0 Å². The van der Waals surface area contributed by atoms with Crippen LogP contribution in [0.3, 0.4) is 0 Å². The second-order valence-electron chi connectivity index (χ2n) is 7.58. The third kappa shape index (κ3) is 7.34. The van der Waals surface area contributed by atoms with Crippen molar-refractivity contribution in [1.29, 1.82) is 0 Å². The molecule has 21 heavy (non-hydrogen) atoms. The number of hydrogen-bond acceptors (Lipinski definition) is 3. The van der Waals surface area contributed by atoms with Crippen molar-refractivity contribution in [2.24, 2.45) is 5.41 Å². The highest BCUT2D eigenvalue weighted by Gasteiger charge is 2.27. The molecule has 0 bridgehead atoms. The Labute approximate surface area is 128 Å². The molecule has 1 rings (SSSR count). The summed E-state index contributed by atoms with van der Waals surface area (Å²) in [6.45, 7) is 12.2. The number of alkyl carbamates (subject to hydrolysis) is 1. The Kier molecular flexibility index (Phi) is 6.05. The predicted octanol–water partition coefficient (Wildman–Crippen LogP) is 2.94. The smallest absolute Gasteiger partial charge is 0.407 e. The molecule has 5 nitrogen and oxygen atoms in total. The van der Waals surface area contributed by atoms with Gasteiger partial charge in [-0.05, 0) is 45.4 Å². The zero-order valence-corrected chi connectivity index (χ0v) is 14.1. The summed E-state index contributed by atoms with van der Waals surface area (Å²) in [5, 5.41) is 2.68. The number of carbonyl (C=O) groups excluding carboxylic acids is 2. The molecule has 0 saturated carbocycles. The molecule has 0 radical (unpaired) electrons. The van der Waals surface area contributed by atoms with Crippen LogP contribution >= 0.6 is 0 Å². The van der Waals surface area contributed by atoms with Gasteiger partial charge in [-0.15, -0.1) is 0 Å². The molecule has 1 aliphatic rings. The van der Waals surface area contributed by atoms with E-state index >= 15 is 0 Å². The summed E-state index contributed by atoms with van der Waals surface area (Å²) < 4.78 is 5.14. The molecule has 0 unspecified atom stereocenters. The third-order valence-electron chi connectivity index (χ3n) is 3.71. The number of piperidine rings is 1. The molecule has 0 atom stereocenters. The van der Waals surface area contributed by atoms with Crippen molar-refractivity contribution < 1.29 is 14.3 Å². The summed E-state index contributed by atoms with van der Waals surface area (Å²) in [4.78, 5) is 25.5. The van der Waals surface area contributed by atoms with E-state index in [9.17, 15) is 9.59 Å². The largest absolute Gasteiger partial charge is 0.444 e. The third-order valence-corrected chi connectivity index (χ3v) is 3.71. The van der Waals surface area contributed by atoms with E-state index in [2.05, 4.69) is 19.2 Å². The van der Waals surface area contributed by atoms with E-state index in [1.54, 1.807) is 0 Å². The number of amides is 2. The van der Waals surface area contributed by atoms with Crippen LogP contribution in [0.25, 0.3) is 0 Å². The highest BCUT2D eigenvalue weighted by Crippen LogP contribution is 2.29. The van der Waals surface area contributed by atoms with Gasteiger partial charge in [0.1, 0.15) is 5.60 Å². The van der Waals surface area contributed by atoms with E-state index in [1.165, 1.54) is 0 Å². The lowest BCUT2D eigenvalue weighted by molar-refractivity contribution is -0.133. The van der Waals surface area contributed by atoms with E-state index in [-0.39, 0.29) is 5.91 Å². The minimum absolute atomic E-state index is 0.191. The first-order valence-corrected chi connectivity index (χ1v) is 7.84. The molecule has 2 amide bonds. The molecule has 0 aromatic carbocycles. The van der Waals surface area contributed by atoms with Crippen LogP contribution in [0.1, 0.15) is 60.3 Å². The summed E-state index contributed by atoms with van der Waals surface area (Å²) in [5.41, 5.74) is -0.129. The lowest BCUT2D eigenvalue weighted by Crippen LogP contribution is -2.41. The second-order valence-corrected chi connectivity index (χ2v) is 7.58. The van der Waals surface area contributed by atoms with Gasteiger partial charge < -0.3 is 15.0 Å². The van der Waals surface area contributed by atoms with Crippen molar-refractivity contribution >= 4 is 12.0 Å². The molecule has 1 heterocycles. The molecule has 122 valence electrons. The van der Waals surface area contributed by atoms with Crippen LogP contribution in [0.15, 0.2) is 0 Å². The summed E-state index contributed by atoms with van der Waals surface area (Å²) in [7, 11) is 0. The number of carbonyl (C=O) groups is 2. The van der Waals surface area contributed by atoms with E-state index in [0.717, 1.165) is 25.9 Å². The number of ether oxygens (including phenoxy) is 1. The average molecular weight is 298 g/mol. The zero-order chi connectivity index (χ0) is 16.1. The van der Waals surface area contributed by atoms with Crippen LogP contribution < -0.4 is 5.32 Å². The first kappa shape index (κ1) is 17.8. The lowest BCUT2D eigenvalue weighted by Gasteiger charge is -2.37. The quantitative estimate of drug-likeness (QED) is 0.812. The second kappa shape index (κ2) is 7.14. The Balaban J connectivity index is 2.16. The van der Waals surface area contributed by atoms with Gasteiger partial charge in [0, 0.05) is 26.1 Å². The van der Waals surface area contributed by atoms with Crippen LogP contribution in [0.2, 0.25) is 0 Å². The Morgan fingerprint density at radius 3 is 2.29 bits per heavy atom. The summed E-state index contributed by atoms with van der Waals surface area (Å²) in [6.07, 6.45) is 2.84. The van der Waals surface area contributed by atoms with Gasteiger partial charge in [-0.1, -0.05) is 13.8 Å². The van der Waals surface area contributed by atoms with E-state index < -0.39 is 11.7 Å². The fourth-order valence-corrected chi connectivity index (χ4v) is 2.26. The van der Waals surface area contributed by atoms with Crippen LogP contribution in [-0.2, 0) is 9.53 Å². The summed E-state index contributed by atoms with van der Waals surface area (Å²) in [6, 6.07) is 0. The molecule has 1 saturated heterocycles. The van der Waals surface area contributed by atoms with Gasteiger partial charge in [0.2, 0.25) is 5.91 Å². The summed E-state index contributed by atoms with van der Waals surface area (Å²) in [5.74, 6) is 0.191. The Morgan fingerprint density at radius 1 is 1.19 bits per heavy atom. The normalized spacial score (nSPS) is 18.2. The Bertz CT molecular complexity index is 362. The molecule has 1 fully saturated rings. The van der Waals surface area contributed by atoms with Crippen molar-refractivity contribution in [3.63, 3.8) is 0 Å². The number of rotatable bonds is 4. The average Bonchev–Trinajstić information content (AvgIpc) is 2.32. The molecule has 1 N–H and O–H groups in total. The maximum absolute atomic E-state index is 12.1. The lowest BCUT2D eigenvalue weighted by atomic mass is 9.82. The highest BCUT2D eigenvalue weighted by molar-refractivity contribution is 5.76. The van der Waals surface area contributed by atoms with E-state index in [0.29, 0.717) is 24.8 Å². The number of likely N-dealkylation sites (tertiary alicyclic amines) is 1. The van der Waals surface area contributed by atoms with Crippen molar-refractivity contribution in [2.75, 3.05) is 19.6 Å². The van der Waals surface area contributed by atoms with Crippen molar-refractivity contribution in [3.8, 4) is 0 Å². The summed E-state index contributed by atoms with van der Waals surface area (Å²) >= 11 is 0. The predicted molar refractivity (Wildman–Crippen MR) is 83.1 cm³/mol. The monoisotopic (exact) mass is 298 g/mol. The van der Waals surface area contributed by atoms with E-state index in [1.807, 2.05) is 25.7 Å². The molecule has 1 aliphatic heterocycles. The van der Waals surface area contributed by atoms with Crippen molar-refractivity contribution in [1.82, 2.24) is 10.2 Å². The molecular formula is C16H30N2O3. The Morgan fingerprint density at radius 2 is 1.76 bits per heavy atom. The molecule has 0 aromatic rings. The van der Waals surface area contributed by atoms with Gasteiger partial charge in [-0.25, -0.2) is 4.79 Å². The van der Waals surface area contributed by atoms with E-state index in [4.69, 9.17) is 4.74 Å². The van der Waals surface area contributed by atoms with Crippen LogP contribution in [0, 0.1) is 5.41 Å². The van der Waals surface area contributed by atoms with Crippen LogP contribution in [-0.4, -0.2) is 42.1 Å². The SMILES string of the molecule is CC1(C)CCN(C(=O)CCCNC(=O)OC(C)(C)C)CC1. The topological polar surface area (TPSA) is 58.6 Å². The first-order valence-electron chi connectivity index (χ1n) is 7.84. The van der Waals surface area contributed by atoms with Gasteiger partial charge in [0.05, 0.1) is 0 Å². The van der Waals surface area contributed by atoms with Crippen LogP contribution in [0.5, 0.6) is 0 Å². The molecule has 5 heteroatoms. The fourth-order valence-electron chi connectivity index (χ4n) is 2.26. The zero-order valence-electron chi connectivity index (χ0n) is 14.1. The number of nitrogens with zero attached hydrogens (tertiary/aromatic N) is 1. The number of hydrogen-bond donors (Lipinski definition) is 1. The highest BCUT2D eigenvalue weighted by atomic mass is 16.6. The minimum atomic E-state index is -0.486. The van der Waals surface area contributed by atoms with Crippen molar-refractivity contribution in [2.45, 2.75) is 65.9 Å². The molecule has 0 aliphatic carbocycles. The molecular weight excluding hydrogens is 268 g/mol. The number of nitrogens with one attached hydrogen (secondary N) is 1. The van der Waals surface area contributed by atoms with Gasteiger partial charge in [0.25, 0.3) is 0 Å². The maximum Gasteiger partial charge on any atom is 0.407 e. The van der Waals surface area contributed by atoms with Gasteiger partial charge in [-0.3, -0.25) is 4.79 Å². The van der Waals surface area contributed by atoms with Gasteiger partial charge >= 0.3 is 6.09 Å². The van der Waals surface area contributed by atoms with Gasteiger partial charge in [-0.2, -0.15) is 0 Å². The first-order chi connectivity index (χ1) is 9.59. The van der Waals surface area contributed by atoms with Crippen LogP contribution in [0.4, 0.5) is 4.79 Å². The maximum atomic E-state index is 12.1. The minimum Gasteiger partial charge on any atom is -0.444 e. The van der Waals surface area contributed by atoms with Crippen molar-refractivity contribution in [3.05, 3.63) is 0 Å². The Hall–Kier alpha value is -1.26. The standard InChI is InChI=1S/C16H30N2O3/c1-15(2,3)21-14(20)17-10-6-7-13(19)18-11-8-16(4,5)9-12-18/h6-12H2,1-5H3,(H,17,20). The molecule has 0 spiro atoms.